The summed E-state index contributed by atoms with van der Waals surface area (Å²) in [7, 11) is 1.61. The Balaban J connectivity index is 1.47. The molecule has 4 rings (SSSR count). The van der Waals surface area contributed by atoms with Crippen LogP contribution >= 0.6 is 11.6 Å². The van der Waals surface area contributed by atoms with Crippen molar-refractivity contribution >= 4 is 23.2 Å². The average molecular weight is 450 g/mol. The predicted octanol–water partition coefficient (Wildman–Crippen LogP) is 5.39. The number of anilines is 1. The second-order valence-electron chi connectivity index (χ2n) is 6.95. The molecule has 7 nitrogen and oxygen atoms in total. The van der Waals surface area contributed by atoms with Gasteiger partial charge in [-0.2, -0.15) is 4.98 Å². The van der Waals surface area contributed by atoms with Gasteiger partial charge in [0.15, 0.2) is 6.61 Å². The number of nitrogens with zero attached hydrogens (tertiary/aromatic N) is 2. The van der Waals surface area contributed by atoms with Crippen LogP contribution in [0.1, 0.15) is 5.56 Å². The molecule has 4 aromatic rings. The normalized spacial score (nSPS) is 10.6. The van der Waals surface area contributed by atoms with Gasteiger partial charge in [0.05, 0.1) is 18.4 Å². The predicted molar refractivity (Wildman–Crippen MR) is 122 cm³/mol. The van der Waals surface area contributed by atoms with E-state index in [2.05, 4.69) is 15.5 Å². The molecular weight excluding hydrogens is 430 g/mol. The van der Waals surface area contributed by atoms with E-state index in [1.54, 1.807) is 37.4 Å². The molecule has 0 fully saturated rings. The van der Waals surface area contributed by atoms with Crippen molar-refractivity contribution in [3.63, 3.8) is 0 Å². The van der Waals surface area contributed by atoms with Crippen molar-refractivity contribution in [1.29, 1.82) is 0 Å². The highest BCUT2D eigenvalue weighted by Gasteiger charge is 2.16. The molecule has 3 aromatic carbocycles. The Morgan fingerprint density at radius 1 is 1.06 bits per heavy atom. The Morgan fingerprint density at radius 2 is 1.81 bits per heavy atom. The van der Waals surface area contributed by atoms with E-state index in [0.29, 0.717) is 33.7 Å². The van der Waals surface area contributed by atoms with Crippen LogP contribution in [0.15, 0.2) is 71.3 Å². The van der Waals surface area contributed by atoms with Crippen molar-refractivity contribution < 1.29 is 18.8 Å². The van der Waals surface area contributed by atoms with Crippen molar-refractivity contribution in [3.8, 4) is 34.3 Å². The quantitative estimate of drug-likeness (QED) is 0.407. The van der Waals surface area contributed by atoms with Crippen LogP contribution in [0.5, 0.6) is 11.5 Å². The maximum Gasteiger partial charge on any atom is 0.262 e. The van der Waals surface area contributed by atoms with E-state index in [0.717, 1.165) is 16.9 Å². The number of halogens is 1. The molecule has 1 N–H and O–H groups in total. The zero-order chi connectivity index (χ0) is 22.5. The molecule has 0 spiro atoms. The zero-order valence-corrected chi connectivity index (χ0v) is 18.2. The van der Waals surface area contributed by atoms with Gasteiger partial charge in [-0.15, -0.1) is 0 Å². The van der Waals surface area contributed by atoms with Gasteiger partial charge in [-0.3, -0.25) is 4.79 Å². The molecule has 0 aliphatic heterocycles. The van der Waals surface area contributed by atoms with Crippen molar-refractivity contribution in [2.45, 2.75) is 6.92 Å². The van der Waals surface area contributed by atoms with Crippen molar-refractivity contribution in [3.05, 3.63) is 77.3 Å². The Bertz CT molecular complexity index is 1240. The first-order valence-electron chi connectivity index (χ1n) is 9.80. The summed E-state index contributed by atoms with van der Waals surface area (Å²) >= 11 is 6.02. The Labute approximate surface area is 189 Å². The highest BCUT2D eigenvalue weighted by molar-refractivity contribution is 6.31. The number of aryl methyl sites for hydroxylation is 1. The summed E-state index contributed by atoms with van der Waals surface area (Å²) < 4.78 is 16.2. The van der Waals surface area contributed by atoms with E-state index in [4.69, 9.17) is 25.6 Å². The number of ether oxygens (including phenoxy) is 2. The lowest BCUT2D eigenvalue weighted by atomic mass is 10.1. The van der Waals surface area contributed by atoms with Gasteiger partial charge in [-0.25, -0.2) is 0 Å². The first-order chi connectivity index (χ1) is 15.5. The molecule has 0 saturated carbocycles. The number of amides is 1. The fourth-order valence-electron chi connectivity index (χ4n) is 3.01. The number of carbonyl (C=O) groups excluding carboxylic acids is 1. The molecule has 0 saturated heterocycles. The fraction of sp³-hybridized carbons (Fsp3) is 0.125. The summed E-state index contributed by atoms with van der Waals surface area (Å²) in [6, 6.07) is 19.8. The first kappa shape index (κ1) is 21.4. The number of methoxy groups -OCH3 is 1. The van der Waals surface area contributed by atoms with Gasteiger partial charge in [0.2, 0.25) is 5.82 Å². The summed E-state index contributed by atoms with van der Waals surface area (Å²) in [5, 5.41) is 7.53. The van der Waals surface area contributed by atoms with Gasteiger partial charge < -0.3 is 19.3 Å². The van der Waals surface area contributed by atoms with Gasteiger partial charge in [-0.05, 0) is 67.1 Å². The zero-order valence-electron chi connectivity index (χ0n) is 17.5. The minimum Gasteiger partial charge on any atom is -0.497 e. The van der Waals surface area contributed by atoms with Crippen LogP contribution in [0.3, 0.4) is 0 Å². The lowest BCUT2D eigenvalue weighted by Crippen LogP contribution is -2.20. The molecule has 0 atom stereocenters. The summed E-state index contributed by atoms with van der Waals surface area (Å²) in [5.74, 6) is 1.71. The SMILES string of the molecule is COc1ccc(-c2noc(-c3ccccc3NC(=O)COc3ccc(Cl)c(C)c3)n2)cc1. The summed E-state index contributed by atoms with van der Waals surface area (Å²) in [6.07, 6.45) is 0. The average Bonchev–Trinajstić information content (AvgIpc) is 3.30. The first-order valence-corrected chi connectivity index (χ1v) is 10.2. The van der Waals surface area contributed by atoms with E-state index in [1.807, 2.05) is 43.3 Å². The molecule has 1 amide bonds. The van der Waals surface area contributed by atoms with E-state index in [1.165, 1.54) is 0 Å². The molecule has 0 bridgehead atoms. The standard InChI is InChI=1S/C24H20ClN3O4/c1-15-13-18(11-12-20(15)25)31-14-22(29)26-21-6-4-3-5-19(21)24-27-23(28-32-24)16-7-9-17(30-2)10-8-16/h3-13H,14H2,1-2H3,(H,26,29). The van der Waals surface area contributed by atoms with Crippen LogP contribution < -0.4 is 14.8 Å². The Kier molecular flexibility index (Phi) is 6.37. The summed E-state index contributed by atoms with van der Waals surface area (Å²) in [4.78, 5) is 16.9. The van der Waals surface area contributed by atoms with Gasteiger partial charge in [0.1, 0.15) is 11.5 Å². The number of carbonyl (C=O) groups is 1. The second kappa shape index (κ2) is 9.53. The van der Waals surface area contributed by atoms with Crippen LogP contribution in [-0.4, -0.2) is 29.8 Å². The number of rotatable bonds is 7. The third kappa shape index (κ3) is 4.90. The monoisotopic (exact) mass is 449 g/mol. The highest BCUT2D eigenvalue weighted by Crippen LogP contribution is 2.29. The van der Waals surface area contributed by atoms with Crippen LogP contribution in [-0.2, 0) is 4.79 Å². The van der Waals surface area contributed by atoms with Crippen molar-refractivity contribution in [2.75, 3.05) is 19.0 Å². The van der Waals surface area contributed by atoms with Crippen molar-refractivity contribution in [2.24, 2.45) is 0 Å². The van der Waals surface area contributed by atoms with E-state index in [9.17, 15) is 4.79 Å². The lowest BCUT2D eigenvalue weighted by molar-refractivity contribution is -0.118. The topological polar surface area (TPSA) is 86.5 Å². The van der Waals surface area contributed by atoms with E-state index >= 15 is 0 Å². The van der Waals surface area contributed by atoms with Crippen LogP contribution in [0, 0.1) is 6.92 Å². The van der Waals surface area contributed by atoms with Crippen LogP contribution in [0.2, 0.25) is 5.02 Å². The van der Waals surface area contributed by atoms with Crippen LogP contribution in [0.25, 0.3) is 22.8 Å². The Morgan fingerprint density at radius 3 is 2.56 bits per heavy atom. The van der Waals surface area contributed by atoms with Gasteiger partial charge in [0.25, 0.3) is 11.8 Å². The molecule has 162 valence electrons. The minimum atomic E-state index is -0.319. The third-order valence-electron chi connectivity index (χ3n) is 4.71. The maximum atomic E-state index is 12.5. The van der Waals surface area contributed by atoms with E-state index < -0.39 is 0 Å². The number of aromatic nitrogens is 2. The lowest BCUT2D eigenvalue weighted by Gasteiger charge is -2.10. The number of benzene rings is 3. The molecule has 0 aliphatic rings. The molecular formula is C24H20ClN3O4. The molecule has 1 heterocycles. The summed E-state index contributed by atoms with van der Waals surface area (Å²) in [6.45, 7) is 1.71. The van der Waals surface area contributed by atoms with Gasteiger partial charge >= 0.3 is 0 Å². The van der Waals surface area contributed by atoms with E-state index in [-0.39, 0.29) is 12.5 Å². The molecule has 0 unspecified atom stereocenters. The number of para-hydroxylation sites is 1. The molecule has 0 aliphatic carbocycles. The molecule has 0 radical (unpaired) electrons. The van der Waals surface area contributed by atoms with Crippen molar-refractivity contribution in [1.82, 2.24) is 10.1 Å². The molecule has 8 heteroatoms. The smallest absolute Gasteiger partial charge is 0.262 e. The van der Waals surface area contributed by atoms with Gasteiger partial charge in [-0.1, -0.05) is 28.9 Å². The third-order valence-corrected chi connectivity index (χ3v) is 5.13. The van der Waals surface area contributed by atoms with Gasteiger partial charge in [0, 0.05) is 10.6 Å². The number of hydrogen-bond acceptors (Lipinski definition) is 6. The number of nitrogens with one attached hydrogen (secondary N) is 1. The molecule has 32 heavy (non-hydrogen) atoms. The second-order valence-corrected chi connectivity index (χ2v) is 7.35. The fourth-order valence-corrected chi connectivity index (χ4v) is 3.13. The number of hydrogen-bond donors (Lipinski definition) is 1. The molecule has 1 aromatic heterocycles. The van der Waals surface area contributed by atoms with Crippen LogP contribution in [0.4, 0.5) is 5.69 Å². The largest absolute Gasteiger partial charge is 0.497 e. The Hall–Kier alpha value is -3.84. The highest BCUT2D eigenvalue weighted by atomic mass is 35.5. The summed E-state index contributed by atoms with van der Waals surface area (Å²) in [5.41, 5.74) is 2.81. The minimum absolute atomic E-state index is 0.156. The maximum absolute atomic E-state index is 12.5.